The number of nitrogens with zero attached hydrogens (tertiary/aromatic N) is 3. The van der Waals surface area contributed by atoms with Crippen LogP contribution in [0, 0.1) is 3.70 Å². The van der Waals surface area contributed by atoms with Crippen LogP contribution in [0.15, 0.2) is 18.3 Å². The van der Waals surface area contributed by atoms with Crippen molar-refractivity contribution in [3.8, 4) is 0 Å². The molecule has 0 aliphatic carbocycles. The van der Waals surface area contributed by atoms with E-state index in [1.807, 2.05) is 12.1 Å². The SMILES string of the molecule is C[C@@H](O)CN1CCC(=O)N(c2ccc(I)nc2)CC1. The van der Waals surface area contributed by atoms with Crippen LogP contribution < -0.4 is 4.90 Å². The minimum Gasteiger partial charge on any atom is -0.392 e. The van der Waals surface area contributed by atoms with Gasteiger partial charge in [-0.1, -0.05) is 0 Å². The van der Waals surface area contributed by atoms with E-state index in [-0.39, 0.29) is 12.0 Å². The first-order valence-electron chi connectivity index (χ1n) is 6.38. The number of amides is 1. The van der Waals surface area contributed by atoms with Gasteiger partial charge in [-0.25, -0.2) is 4.98 Å². The quantitative estimate of drug-likeness (QED) is 0.635. The van der Waals surface area contributed by atoms with E-state index >= 15 is 0 Å². The molecule has 1 aromatic heterocycles. The molecule has 2 heterocycles. The lowest BCUT2D eigenvalue weighted by Crippen LogP contribution is -2.35. The molecule has 1 saturated heterocycles. The Hall–Kier alpha value is -0.730. The van der Waals surface area contributed by atoms with Crippen molar-refractivity contribution in [1.29, 1.82) is 0 Å². The predicted octanol–water partition coefficient (Wildman–Crippen LogP) is 1.11. The zero-order valence-corrected chi connectivity index (χ0v) is 13.1. The lowest BCUT2D eigenvalue weighted by molar-refractivity contribution is -0.118. The smallest absolute Gasteiger partial charge is 0.228 e. The molecule has 0 aromatic carbocycles. The molecule has 1 aromatic rings. The topological polar surface area (TPSA) is 56.7 Å². The van der Waals surface area contributed by atoms with Gasteiger partial charge < -0.3 is 10.0 Å². The zero-order valence-electron chi connectivity index (χ0n) is 10.9. The summed E-state index contributed by atoms with van der Waals surface area (Å²) in [6.07, 6.45) is 1.87. The number of anilines is 1. The molecule has 104 valence electrons. The summed E-state index contributed by atoms with van der Waals surface area (Å²) in [6, 6.07) is 3.83. The number of hydrogen-bond acceptors (Lipinski definition) is 4. The van der Waals surface area contributed by atoms with E-state index in [2.05, 4.69) is 32.5 Å². The Morgan fingerprint density at radius 2 is 2.21 bits per heavy atom. The Labute approximate surface area is 126 Å². The van der Waals surface area contributed by atoms with Gasteiger partial charge in [-0.2, -0.15) is 0 Å². The minimum atomic E-state index is -0.360. The molecule has 5 nitrogen and oxygen atoms in total. The van der Waals surface area contributed by atoms with E-state index in [1.165, 1.54) is 0 Å². The third kappa shape index (κ3) is 4.12. The highest BCUT2D eigenvalue weighted by molar-refractivity contribution is 14.1. The normalized spacial score (nSPS) is 19.3. The molecule has 0 bridgehead atoms. The summed E-state index contributed by atoms with van der Waals surface area (Å²) in [5.74, 6) is 0.121. The number of β-amino-alcohol motifs (C(OH)–C–C–N with tert-alkyl or cyclic N) is 1. The average Bonchev–Trinajstić information content (AvgIpc) is 2.53. The van der Waals surface area contributed by atoms with Crippen LogP contribution >= 0.6 is 22.6 Å². The van der Waals surface area contributed by atoms with Crippen LogP contribution in [-0.2, 0) is 4.79 Å². The molecule has 1 N–H and O–H groups in total. The van der Waals surface area contributed by atoms with Crippen LogP contribution in [0.25, 0.3) is 0 Å². The number of aliphatic hydroxyl groups is 1. The second-order valence-corrected chi connectivity index (χ2v) is 5.89. The largest absolute Gasteiger partial charge is 0.392 e. The van der Waals surface area contributed by atoms with Crippen LogP contribution in [-0.4, -0.2) is 53.2 Å². The van der Waals surface area contributed by atoms with Gasteiger partial charge in [-0.3, -0.25) is 9.69 Å². The number of carbonyl (C=O) groups excluding carboxylic acids is 1. The summed E-state index contributed by atoms with van der Waals surface area (Å²) >= 11 is 2.15. The minimum absolute atomic E-state index is 0.121. The molecule has 0 saturated carbocycles. The van der Waals surface area contributed by atoms with Crippen LogP contribution in [0.3, 0.4) is 0 Å². The molecule has 1 fully saturated rings. The molecule has 6 heteroatoms. The first kappa shape index (κ1) is 14.7. The molecule has 1 aliphatic heterocycles. The molecular weight excluding hydrogens is 357 g/mol. The summed E-state index contributed by atoms with van der Waals surface area (Å²) in [5.41, 5.74) is 0.851. The van der Waals surface area contributed by atoms with Gasteiger partial charge in [-0.05, 0) is 41.6 Å². The van der Waals surface area contributed by atoms with Gasteiger partial charge in [-0.15, -0.1) is 0 Å². The van der Waals surface area contributed by atoms with Crippen LogP contribution in [0.1, 0.15) is 13.3 Å². The number of aromatic nitrogens is 1. The van der Waals surface area contributed by atoms with Gasteiger partial charge in [0.1, 0.15) is 3.70 Å². The third-order valence-corrected chi connectivity index (χ3v) is 3.77. The van der Waals surface area contributed by atoms with Crippen molar-refractivity contribution >= 4 is 34.2 Å². The van der Waals surface area contributed by atoms with Crippen LogP contribution in [0.4, 0.5) is 5.69 Å². The molecule has 1 amide bonds. The van der Waals surface area contributed by atoms with E-state index in [0.29, 0.717) is 26.1 Å². The maximum atomic E-state index is 12.1. The summed E-state index contributed by atoms with van der Waals surface area (Å²) in [5, 5.41) is 9.42. The van der Waals surface area contributed by atoms with Crippen molar-refractivity contribution in [3.63, 3.8) is 0 Å². The summed E-state index contributed by atoms with van der Waals surface area (Å²) in [7, 11) is 0. The number of halogens is 1. The molecule has 1 atom stereocenters. The number of aliphatic hydroxyl groups excluding tert-OH is 1. The van der Waals surface area contributed by atoms with Crippen LogP contribution in [0.5, 0.6) is 0 Å². The maximum absolute atomic E-state index is 12.1. The van der Waals surface area contributed by atoms with Crippen molar-refractivity contribution in [2.24, 2.45) is 0 Å². The van der Waals surface area contributed by atoms with E-state index in [0.717, 1.165) is 15.9 Å². The summed E-state index contributed by atoms with van der Waals surface area (Å²) in [6.45, 7) is 4.52. The van der Waals surface area contributed by atoms with Gasteiger partial charge in [0.2, 0.25) is 5.91 Å². The lowest BCUT2D eigenvalue weighted by atomic mass is 10.3. The van der Waals surface area contributed by atoms with Crippen molar-refractivity contribution in [1.82, 2.24) is 9.88 Å². The predicted molar refractivity (Wildman–Crippen MR) is 82.0 cm³/mol. The van der Waals surface area contributed by atoms with Gasteiger partial charge >= 0.3 is 0 Å². The van der Waals surface area contributed by atoms with Crippen LogP contribution in [0.2, 0.25) is 0 Å². The van der Waals surface area contributed by atoms with Crippen molar-refractivity contribution in [2.75, 3.05) is 31.1 Å². The fourth-order valence-corrected chi connectivity index (χ4v) is 2.54. The summed E-state index contributed by atoms with van der Waals surface area (Å²) in [4.78, 5) is 20.3. The number of carbonyl (C=O) groups is 1. The average molecular weight is 375 g/mol. The number of rotatable bonds is 3. The van der Waals surface area contributed by atoms with E-state index in [9.17, 15) is 9.90 Å². The third-order valence-electron chi connectivity index (χ3n) is 3.13. The first-order chi connectivity index (χ1) is 9.06. The highest BCUT2D eigenvalue weighted by Crippen LogP contribution is 2.17. The monoisotopic (exact) mass is 375 g/mol. The van der Waals surface area contributed by atoms with Gasteiger partial charge in [0.25, 0.3) is 0 Å². The first-order valence-corrected chi connectivity index (χ1v) is 7.46. The Morgan fingerprint density at radius 1 is 1.42 bits per heavy atom. The molecule has 0 spiro atoms. The molecule has 0 unspecified atom stereocenters. The van der Waals surface area contributed by atoms with Gasteiger partial charge in [0.05, 0.1) is 18.0 Å². The standard InChI is InChI=1S/C13H18IN3O2/c1-10(18)9-16-5-4-13(19)17(7-6-16)11-2-3-12(14)15-8-11/h2-3,8,10,18H,4-7,9H2,1H3/t10-/m1/s1. The Balaban J connectivity index is 2.06. The molecular formula is C13H18IN3O2. The lowest BCUT2D eigenvalue weighted by Gasteiger charge is -2.22. The molecule has 1 aliphatic rings. The number of pyridine rings is 1. The van der Waals surface area contributed by atoms with E-state index in [1.54, 1.807) is 18.0 Å². The van der Waals surface area contributed by atoms with Gasteiger partial charge in [0, 0.05) is 32.6 Å². The number of hydrogen-bond donors (Lipinski definition) is 1. The fourth-order valence-electron chi connectivity index (χ4n) is 2.22. The summed E-state index contributed by atoms with van der Waals surface area (Å²) < 4.78 is 0.916. The Bertz CT molecular complexity index is 436. The fraction of sp³-hybridized carbons (Fsp3) is 0.538. The maximum Gasteiger partial charge on any atom is 0.228 e. The Morgan fingerprint density at radius 3 is 2.84 bits per heavy atom. The second-order valence-electron chi connectivity index (χ2n) is 4.78. The highest BCUT2D eigenvalue weighted by atomic mass is 127. The Kier molecular flexibility index (Phi) is 5.12. The van der Waals surface area contributed by atoms with E-state index < -0.39 is 0 Å². The van der Waals surface area contributed by atoms with Crippen molar-refractivity contribution in [2.45, 2.75) is 19.4 Å². The second kappa shape index (κ2) is 6.62. The van der Waals surface area contributed by atoms with Crippen molar-refractivity contribution in [3.05, 3.63) is 22.0 Å². The van der Waals surface area contributed by atoms with E-state index in [4.69, 9.17) is 0 Å². The molecule has 2 rings (SSSR count). The zero-order chi connectivity index (χ0) is 13.8. The van der Waals surface area contributed by atoms with Gasteiger partial charge in [0.15, 0.2) is 0 Å². The highest BCUT2D eigenvalue weighted by Gasteiger charge is 2.22. The molecule has 0 radical (unpaired) electrons. The molecule has 19 heavy (non-hydrogen) atoms. The van der Waals surface area contributed by atoms with Crippen molar-refractivity contribution < 1.29 is 9.90 Å².